The lowest BCUT2D eigenvalue weighted by molar-refractivity contribution is 0.176. The predicted molar refractivity (Wildman–Crippen MR) is 95.0 cm³/mol. The molecule has 3 aliphatic carbocycles. The second kappa shape index (κ2) is 5.02. The Kier molecular flexibility index (Phi) is 3.01. The Hall–Kier alpha value is -1.96. The molecule has 0 saturated heterocycles. The van der Waals surface area contributed by atoms with Crippen LogP contribution >= 0.6 is 0 Å². The molecule has 1 fully saturated rings. The molecule has 3 aliphatic rings. The first-order valence-corrected chi connectivity index (χ1v) is 9.12. The Morgan fingerprint density at radius 1 is 0.792 bits per heavy atom. The fraction of sp³-hybridized carbons (Fsp3) is 0.455. The Balaban J connectivity index is 1.74. The molecule has 0 bridgehead atoms. The van der Waals surface area contributed by atoms with Crippen LogP contribution in [0, 0.1) is 11.8 Å². The largest absolute Gasteiger partial charge is 0.497 e. The van der Waals surface area contributed by atoms with Crippen LogP contribution in [-0.4, -0.2) is 14.2 Å². The summed E-state index contributed by atoms with van der Waals surface area (Å²) in [6, 6.07) is 13.6. The predicted octanol–water partition coefficient (Wildman–Crippen LogP) is 4.52. The maximum Gasteiger partial charge on any atom is 0.119 e. The van der Waals surface area contributed by atoms with E-state index in [1.54, 1.807) is 25.3 Å². The van der Waals surface area contributed by atoms with Crippen LogP contribution in [0.15, 0.2) is 36.4 Å². The molecule has 1 saturated carbocycles. The minimum Gasteiger partial charge on any atom is -0.497 e. The zero-order valence-electron chi connectivity index (χ0n) is 14.5. The van der Waals surface area contributed by atoms with Gasteiger partial charge in [-0.2, -0.15) is 0 Å². The van der Waals surface area contributed by atoms with Crippen molar-refractivity contribution in [3.63, 3.8) is 0 Å². The molecular formula is C22H24O2. The van der Waals surface area contributed by atoms with E-state index in [-0.39, 0.29) is 5.41 Å². The molecule has 0 amide bonds. The van der Waals surface area contributed by atoms with E-state index in [9.17, 15) is 0 Å². The van der Waals surface area contributed by atoms with Gasteiger partial charge in [-0.1, -0.05) is 18.6 Å². The van der Waals surface area contributed by atoms with Gasteiger partial charge in [-0.3, -0.25) is 0 Å². The van der Waals surface area contributed by atoms with E-state index in [1.165, 1.54) is 43.2 Å². The van der Waals surface area contributed by atoms with Crippen LogP contribution < -0.4 is 9.47 Å². The molecule has 0 heterocycles. The number of hydrogen-bond donors (Lipinski definition) is 0. The van der Waals surface area contributed by atoms with Crippen LogP contribution in [0.4, 0.5) is 0 Å². The summed E-state index contributed by atoms with van der Waals surface area (Å²) in [7, 11) is 3.53. The molecule has 2 aromatic rings. The normalized spacial score (nSPS) is 29.4. The quantitative estimate of drug-likeness (QED) is 0.810. The van der Waals surface area contributed by atoms with Crippen molar-refractivity contribution in [3.8, 4) is 11.5 Å². The van der Waals surface area contributed by atoms with Gasteiger partial charge in [0.05, 0.1) is 14.2 Å². The van der Waals surface area contributed by atoms with E-state index in [0.29, 0.717) is 0 Å². The van der Waals surface area contributed by atoms with Gasteiger partial charge >= 0.3 is 0 Å². The van der Waals surface area contributed by atoms with Crippen molar-refractivity contribution >= 4 is 0 Å². The van der Waals surface area contributed by atoms with E-state index in [0.717, 1.165) is 23.3 Å². The summed E-state index contributed by atoms with van der Waals surface area (Å²) < 4.78 is 11.0. The second-order valence-electron chi connectivity index (χ2n) is 7.65. The average molecular weight is 320 g/mol. The Morgan fingerprint density at radius 2 is 1.29 bits per heavy atom. The van der Waals surface area contributed by atoms with Gasteiger partial charge in [0.15, 0.2) is 0 Å². The van der Waals surface area contributed by atoms with Crippen molar-refractivity contribution in [1.29, 1.82) is 0 Å². The Labute approximate surface area is 143 Å². The molecular weight excluding hydrogens is 296 g/mol. The first-order chi connectivity index (χ1) is 11.8. The van der Waals surface area contributed by atoms with E-state index >= 15 is 0 Å². The van der Waals surface area contributed by atoms with Crippen LogP contribution in [0.3, 0.4) is 0 Å². The fourth-order valence-electron chi connectivity index (χ4n) is 6.02. The molecule has 0 aliphatic heterocycles. The summed E-state index contributed by atoms with van der Waals surface area (Å²) in [5.41, 5.74) is 6.40. The molecule has 0 aromatic heterocycles. The van der Waals surface area contributed by atoms with Gasteiger partial charge in [-0.05, 0) is 84.0 Å². The number of fused-ring (bicyclic) bond motifs is 2. The molecule has 2 heteroatoms. The molecule has 0 unspecified atom stereocenters. The zero-order chi connectivity index (χ0) is 16.3. The van der Waals surface area contributed by atoms with Crippen LogP contribution in [0.5, 0.6) is 11.5 Å². The molecule has 0 radical (unpaired) electrons. The van der Waals surface area contributed by atoms with Gasteiger partial charge in [0.2, 0.25) is 0 Å². The first kappa shape index (κ1) is 14.4. The third kappa shape index (κ3) is 1.67. The van der Waals surface area contributed by atoms with Crippen LogP contribution in [-0.2, 0) is 18.3 Å². The molecule has 24 heavy (non-hydrogen) atoms. The second-order valence-corrected chi connectivity index (χ2v) is 7.65. The van der Waals surface area contributed by atoms with E-state index in [2.05, 4.69) is 36.4 Å². The molecule has 2 nitrogen and oxygen atoms in total. The van der Waals surface area contributed by atoms with Gasteiger partial charge < -0.3 is 9.47 Å². The van der Waals surface area contributed by atoms with Crippen LogP contribution in [0.2, 0.25) is 0 Å². The standard InChI is InChI=1S/C22H24O2/c1-23-18-6-8-20-14(12-18)10-16-4-3-5-17-11-15-13-19(24-2)7-9-21(15)22(16,17)20/h6-9,12-13,16-17H,3-5,10-11H2,1-2H3/t16-,17-,22?/m0/s1. The van der Waals surface area contributed by atoms with E-state index in [1.807, 2.05) is 0 Å². The Morgan fingerprint density at radius 3 is 1.75 bits per heavy atom. The highest BCUT2D eigenvalue weighted by Gasteiger charge is 2.57. The van der Waals surface area contributed by atoms with Crippen molar-refractivity contribution in [2.45, 2.75) is 37.5 Å². The van der Waals surface area contributed by atoms with Gasteiger partial charge in [-0.15, -0.1) is 0 Å². The van der Waals surface area contributed by atoms with Crippen LogP contribution in [0.25, 0.3) is 0 Å². The van der Waals surface area contributed by atoms with Gasteiger partial charge in [0.25, 0.3) is 0 Å². The lowest BCUT2D eigenvalue weighted by Crippen LogP contribution is -2.40. The van der Waals surface area contributed by atoms with E-state index < -0.39 is 0 Å². The van der Waals surface area contributed by atoms with Crippen molar-refractivity contribution in [2.75, 3.05) is 14.2 Å². The van der Waals surface area contributed by atoms with Crippen molar-refractivity contribution in [2.24, 2.45) is 11.8 Å². The lowest BCUT2D eigenvalue weighted by atomic mass is 9.59. The van der Waals surface area contributed by atoms with Crippen LogP contribution in [0.1, 0.15) is 41.5 Å². The minimum absolute atomic E-state index is 0.238. The summed E-state index contributed by atoms with van der Waals surface area (Å²) in [6.07, 6.45) is 6.47. The molecule has 5 rings (SSSR count). The highest BCUT2D eigenvalue weighted by atomic mass is 16.5. The fourth-order valence-corrected chi connectivity index (χ4v) is 6.02. The number of methoxy groups -OCH3 is 2. The Bertz CT molecular complexity index is 740. The molecule has 1 spiro atoms. The molecule has 124 valence electrons. The van der Waals surface area contributed by atoms with Gasteiger partial charge in [-0.25, -0.2) is 0 Å². The maximum atomic E-state index is 5.49. The number of benzene rings is 2. The van der Waals surface area contributed by atoms with E-state index in [4.69, 9.17) is 9.47 Å². The SMILES string of the molecule is COc1ccc2c(c1)C[C@@H]1CCC[C@H]3Cc4cc(OC)ccc4C213. The topological polar surface area (TPSA) is 18.5 Å². The van der Waals surface area contributed by atoms with Gasteiger partial charge in [0, 0.05) is 5.41 Å². The lowest BCUT2D eigenvalue weighted by Gasteiger charge is -2.43. The highest BCUT2D eigenvalue weighted by molar-refractivity contribution is 5.58. The third-order valence-corrected chi connectivity index (χ3v) is 6.84. The van der Waals surface area contributed by atoms with Crippen molar-refractivity contribution in [3.05, 3.63) is 58.7 Å². The summed E-state index contributed by atoms with van der Waals surface area (Å²) in [5, 5.41) is 0. The highest BCUT2D eigenvalue weighted by Crippen LogP contribution is 2.63. The summed E-state index contributed by atoms with van der Waals surface area (Å²) in [4.78, 5) is 0. The minimum atomic E-state index is 0.238. The number of rotatable bonds is 2. The number of hydrogen-bond acceptors (Lipinski definition) is 2. The van der Waals surface area contributed by atoms with Gasteiger partial charge in [0.1, 0.15) is 11.5 Å². The van der Waals surface area contributed by atoms with Crippen molar-refractivity contribution < 1.29 is 9.47 Å². The first-order valence-electron chi connectivity index (χ1n) is 9.12. The summed E-state index contributed by atoms with van der Waals surface area (Å²) in [6.45, 7) is 0. The maximum absolute atomic E-state index is 5.49. The number of ether oxygens (including phenoxy) is 2. The zero-order valence-corrected chi connectivity index (χ0v) is 14.5. The summed E-state index contributed by atoms with van der Waals surface area (Å²) >= 11 is 0. The molecule has 2 atom stereocenters. The smallest absolute Gasteiger partial charge is 0.119 e. The molecule has 0 N–H and O–H groups in total. The van der Waals surface area contributed by atoms with Crippen molar-refractivity contribution in [1.82, 2.24) is 0 Å². The third-order valence-electron chi connectivity index (χ3n) is 6.84. The monoisotopic (exact) mass is 320 g/mol. The average Bonchev–Trinajstić information content (AvgIpc) is 3.13. The molecule has 2 aromatic carbocycles. The summed E-state index contributed by atoms with van der Waals surface area (Å²) in [5.74, 6) is 3.47.